The van der Waals surface area contributed by atoms with Gasteiger partial charge in [0.2, 0.25) is 15.9 Å². The largest absolute Gasteiger partial charge is 0.490 e. The molecule has 1 N–H and O–H groups in total. The number of carbonyl (C=O) groups excluding carboxylic acids is 1. The van der Waals surface area contributed by atoms with Crippen molar-refractivity contribution in [3.05, 3.63) is 47.2 Å². The van der Waals surface area contributed by atoms with Crippen molar-refractivity contribution in [1.82, 2.24) is 0 Å². The second kappa shape index (κ2) is 8.24. The molecule has 150 valence electrons. The Hall–Kier alpha value is -2.52. The van der Waals surface area contributed by atoms with Gasteiger partial charge in [-0.3, -0.25) is 9.10 Å². The zero-order valence-electron chi connectivity index (χ0n) is 14.9. The minimum atomic E-state index is -3.92. The first kappa shape index (κ1) is 20.2. The SMILES string of the molecule is CS(=O)(=O)N(CC(=O)Nc1ccc2c(c1)OCCCO2)c1ccc(Cl)cc1F. The van der Waals surface area contributed by atoms with Gasteiger partial charge in [-0.05, 0) is 30.3 Å². The molecule has 0 saturated carbocycles. The molecule has 1 heterocycles. The fraction of sp³-hybridized carbons (Fsp3) is 0.278. The zero-order valence-corrected chi connectivity index (χ0v) is 16.5. The molecule has 0 fully saturated rings. The van der Waals surface area contributed by atoms with Crippen molar-refractivity contribution in [2.75, 3.05) is 35.6 Å². The highest BCUT2D eigenvalue weighted by molar-refractivity contribution is 7.92. The number of halogens is 2. The lowest BCUT2D eigenvalue weighted by Gasteiger charge is -2.22. The van der Waals surface area contributed by atoms with E-state index in [0.717, 1.165) is 18.7 Å². The number of hydrogen-bond donors (Lipinski definition) is 1. The van der Waals surface area contributed by atoms with Crippen molar-refractivity contribution in [3.63, 3.8) is 0 Å². The van der Waals surface area contributed by atoms with E-state index in [2.05, 4.69) is 5.32 Å². The number of benzene rings is 2. The van der Waals surface area contributed by atoms with Gasteiger partial charge < -0.3 is 14.8 Å². The third-order valence-electron chi connectivity index (χ3n) is 3.90. The van der Waals surface area contributed by atoms with Crippen molar-refractivity contribution >= 4 is 38.9 Å². The number of nitrogens with zero attached hydrogens (tertiary/aromatic N) is 1. The van der Waals surface area contributed by atoms with Gasteiger partial charge >= 0.3 is 0 Å². The summed E-state index contributed by atoms with van der Waals surface area (Å²) in [5.74, 6) is -0.439. The van der Waals surface area contributed by atoms with E-state index in [4.69, 9.17) is 21.1 Å². The number of carbonyl (C=O) groups is 1. The van der Waals surface area contributed by atoms with E-state index in [-0.39, 0.29) is 10.7 Å². The number of nitrogens with one attached hydrogen (secondary N) is 1. The summed E-state index contributed by atoms with van der Waals surface area (Å²) in [5.41, 5.74) is 0.139. The van der Waals surface area contributed by atoms with E-state index in [0.29, 0.717) is 34.7 Å². The maximum absolute atomic E-state index is 14.2. The summed E-state index contributed by atoms with van der Waals surface area (Å²) in [4.78, 5) is 12.4. The molecule has 3 rings (SSSR count). The van der Waals surface area contributed by atoms with Crippen molar-refractivity contribution in [2.24, 2.45) is 0 Å². The normalized spacial score (nSPS) is 13.5. The van der Waals surface area contributed by atoms with Gasteiger partial charge in [-0.25, -0.2) is 12.8 Å². The lowest BCUT2D eigenvalue weighted by molar-refractivity contribution is -0.114. The van der Waals surface area contributed by atoms with Crippen LogP contribution in [-0.2, 0) is 14.8 Å². The molecule has 7 nitrogen and oxygen atoms in total. The Balaban J connectivity index is 1.78. The fourth-order valence-corrected chi connectivity index (χ4v) is 3.65. The average Bonchev–Trinajstić information content (AvgIpc) is 2.84. The summed E-state index contributed by atoms with van der Waals surface area (Å²) in [6, 6.07) is 8.39. The highest BCUT2D eigenvalue weighted by Crippen LogP contribution is 2.32. The lowest BCUT2D eigenvalue weighted by atomic mass is 10.2. The standard InChI is InChI=1S/C18H18ClFN2O5S/c1-28(24,25)22(15-5-3-12(19)9-14(15)20)11-18(23)21-13-4-6-16-17(10-13)27-8-2-7-26-16/h3-6,9-10H,2,7-8,11H2,1H3,(H,21,23). The van der Waals surface area contributed by atoms with Crippen LogP contribution in [0.25, 0.3) is 0 Å². The van der Waals surface area contributed by atoms with Gasteiger partial charge in [0.1, 0.15) is 12.4 Å². The van der Waals surface area contributed by atoms with Crippen LogP contribution in [0.15, 0.2) is 36.4 Å². The third kappa shape index (κ3) is 4.85. The first-order valence-electron chi connectivity index (χ1n) is 8.36. The highest BCUT2D eigenvalue weighted by atomic mass is 35.5. The van der Waals surface area contributed by atoms with Gasteiger partial charge in [0.05, 0.1) is 25.2 Å². The van der Waals surface area contributed by atoms with Crippen molar-refractivity contribution in [1.29, 1.82) is 0 Å². The maximum Gasteiger partial charge on any atom is 0.245 e. The van der Waals surface area contributed by atoms with Gasteiger partial charge in [0.15, 0.2) is 11.5 Å². The minimum absolute atomic E-state index is 0.117. The molecule has 2 aromatic rings. The van der Waals surface area contributed by atoms with Crippen LogP contribution >= 0.6 is 11.6 Å². The molecule has 0 spiro atoms. The molecule has 1 aliphatic heterocycles. The second-order valence-electron chi connectivity index (χ2n) is 6.13. The van der Waals surface area contributed by atoms with Crippen LogP contribution in [0.4, 0.5) is 15.8 Å². The van der Waals surface area contributed by atoms with E-state index in [1.807, 2.05) is 0 Å². The third-order valence-corrected chi connectivity index (χ3v) is 5.26. The second-order valence-corrected chi connectivity index (χ2v) is 8.47. The van der Waals surface area contributed by atoms with E-state index in [1.54, 1.807) is 18.2 Å². The number of rotatable bonds is 5. The van der Waals surface area contributed by atoms with E-state index in [1.165, 1.54) is 12.1 Å². The molecular weight excluding hydrogens is 411 g/mol. The minimum Gasteiger partial charge on any atom is -0.490 e. The topological polar surface area (TPSA) is 84.9 Å². The van der Waals surface area contributed by atoms with E-state index < -0.39 is 28.3 Å². The number of amides is 1. The van der Waals surface area contributed by atoms with Crippen molar-refractivity contribution < 1.29 is 27.1 Å². The van der Waals surface area contributed by atoms with Crippen LogP contribution in [0.5, 0.6) is 11.5 Å². The Morgan fingerprint density at radius 3 is 2.57 bits per heavy atom. The van der Waals surface area contributed by atoms with E-state index in [9.17, 15) is 17.6 Å². The van der Waals surface area contributed by atoms with Crippen molar-refractivity contribution in [2.45, 2.75) is 6.42 Å². The molecule has 0 aromatic heterocycles. The first-order valence-corrected chi connectivity index (χ1v) is 10.6. The molecular formula is C18H18ClFN2O5S. The molecule has 0 aliphatic carbocycles. The number of hydrogen-bond acceptors (Lipinski definition) is 5. The molecule has 10 heteroatoms. The van der Waals surface area contributed by atoms with Gasteiger partial charge in [0.25, 0.3) is 0 Å². The van der Waals surface area contributed by atoms with Gasteiger partial charge in [-0.1, -0.05) is 11.6 Å². The molecule has 0 radical (unpaired) electrons. The van der Waals surface area contributed by atoms with Crippen LogP contribution in [0.3, 0.4) is 0 Å². The van der Waals surface area contributed by atoms with Crippen LogP contribution in [0.2, 0.25) is 5.02 Å². The highest BCUT2D eigenvalue weighted by Gasteiger charge is 2.24. The van der Waals surface area contributed by atoms with E-state index >= 15 is 0 Å². The van der Waals surface area contributed by atoms with Gasteiger partial charge in [-0.15, -0.1) is 0 Å². The predicted molar refractivity (Wildman–Crippen MR) is 104 cm³/mol. The molecule has 0 saturated heterocycles. The molecule has 28 heavy (non-hydrogen) atoms. The summed E-state index contributed by atoms with van der Waals surface area (Å²) >= 11 is 5.71. The summed E-state index contributed by atoms with van der Waals surface area (Å²) in [6.07, 6.45) is 1.63. The monoisotopic (exact) mass is 428 g/mol. The zero-order chi connectivity index (χ0) is 20.3. The lowest BCUT2D eigenvalue weighted by Crippen LogP contribution is -2.38. The van der Waals surface area contributed by atoms with Crippen LogP contribution in [0, 0.1) is 5.82 Å². The Labute approximate surface area is 167 Å². The Morgan fingerprint density at radius 2 is 1.89 bits per heavy atom. The summed E-state index contributed by atoms with van der Waals surface area (Å²) in [7, 11) is -3.92. The smallest absolute Gasteiger partial charge is 0.245 e. The average molecular weight is 429 g/mol. The van der Waals surface area contributed by atoms with Gasteiger partial charge in [0, 0.05) is 23.2 Å². The number of fused-ring (bicyclic) bond motifs is 1. The number of sulfonamides is 1. The summed E-state index contributed by atoms with van der Waals surface area (Å²) in [5, 5.41) is 2.70. The van der Waals surface area contributed by atoms with Crippen LogP contribution < -0.4 is 19.1 Å². The molecule has 0 unspecified atom stereocenters. The summed E-state index contributed by atoms with van der Waals surface area (Å²) in [6.45, 7) is 0.419. The molecule has 1 amide bonds. The summed E-state index contributed by atoms with van der Waals surface area (Å²) < 4.78 is 50.1. The Kier molecular flexibility index (Phi) is 5.95. The number of ether oxygens (including phenoxy) is 2. The van der Waals surface area contributed by atoms with Crippen LogP contribution in [0.1, 0.15) is 6.42 Å². The molecule has 0 atom stereocenters. The maximum atomic E-state index is 14.2. The Morgan fingerprint density at radius 1 is 1.18 bits per heavy atom. The first-order chi connectivity index (χ1) is 13.2. The van der Waals surface area contributed by atoms with Gasteiger partial charge in [-0.2, -0.15) is 0 Å². The molecule has 1 aliphatic rings. The fourth-order valence-electron chi connectivity index (χ4n) is 2.64. The van der Waals surface area contributed by atoms with Crippen molar-refractivity contribution in [3.8, 4) is 11.5 Å². The Bertz CT molecular complexity index is 999. The van der Waals surface area contributed by atoms with Crippen LogP contribution in [-0.4, -0.2) is 40.3 Å². The quantitative estimate of drug-likeness (QED) is 0.791. The predicted octanol–water partition coefficient (Wildman–Crippen LogP) is 3.05. The number of anilines is 2. The molecule has 0 bridgehead atoms. The molecule has 2 aromatic carbocycles.